The highest BCUT2D eigenvalue weighted by atomic mass is 16.5. The molecule has 1 aliphatic rings. The Morgan fingerprint density at radius 2 is 1.90 bits per heavy atom. The van der Waals surface area contributed by atoms with E-state index in [1.807, 2.05) is 56.3 Å². The molecule has 3 unspecified atom stereocenters. The Morgan fingerprint density at radius 3 is 2.61 bits per heavy atom. The molecule has 6 heteroatoms. The summed E-state index contributed by atoms with van der Waals surface area (Å²) >= 11 is 0. The van der Waals surface area contributed by atoms with Gasteiger partial charge in [-0.3, -0.25) is 4.79 Å². The average Bonchev–Trinajstić information content (AvgIpc) is 3.00. The van der Waals surface area contributed by atoms with Crippen LogP contribution in [0.15, 0.2) is 54.6 Å². The molecule has 1 aromatic carbocycles. The van der Waals surface area contributed by atoms with E-state index >= 15 is 0 Å². The highest BCUT2D eigenvalue weighted by Gasteiger charge is 2.39. The minimum Gasteiger partial charge on any atom is -0.491 e. The number of aliphatic hydroxyl groups excluding tert-OH is 3. The van der Waals surface area contributed by atoms with E-state index in [0.717, 1.165) is 12.8 Å². The number of allylic oxidation sites excluding steroid dienone is 2. The van der Waals surface area contributed by atoms with Crippen LogP contribution in [0, 0.1) is 11.8 Å². The Bertz CT molecular complexity index is 699. The minimum absolute atomic E-state index is 0.0910. The lowest BCUT2D eigenvalue weighted by Gasteiger charge is -2.19. The fourth-order valence-electron chi connectivity index (χ4n) is 3.77. The van der Waals surface area contributed by atoms with E-state index < -0.39 is 18.3 Å². The van der Waals surface area contributed by atoms with Gasteiger partial charge in [0.15, 0.2) is 0 Å². The standard InChI is InChI=1S/C25H36O6/c1-18(2)31-25(29)13-9-4-3-8-12-21-22(24(28)16-23(21)27)15-14-19(26)17-30-20-10-6-5-7-11-20/h3,5-8,10-11,14-15,18-19,21-24,26-28H,4,9,12-13,16-17H2,1-2H3/b8-3-,15-14+/t19?,21-,22-,23?,24?/m1/s1. The molecule has 1 saturated carbocycles. The zero-order chi connectivity index (χ0) is 22.6. The van der Waals surface area contributed by atoms with Crippen LogP contribution in [0.5, 0.6) is 5.75 Å². The monoisotopic (exact) mass is 432 g/mol. The van der Waals surface area contributed by atoms with Gasteiger partial charge in [0, 0.05) is 18.8 Å². The lowest BCUT2D eigenvalue weighted by Crippen LogP contribution is -2.21. The number of ether oxygens (including phenoxy) is 2. The Hall–Kier alpha value is -2.15. The van der Waals surface area contributed by atoms with Crippen molar-refractivity contribution in [1.29, 1.82) is 0 Å². The van der Waals surface area contributed by atoms with E-state index in [1.165, 1.54) is 0 Å². The largest absolute Gasteiger partial charge is 0.491 e. The van der Waals surface area contributed by atoms with E-state index in [-0.39, 0.29) is 30.5 Å². The number of esters is 1. The fourth-order valence-corrected chi connectivity index (χ4v) is 3.77. The van der Waals surface area contributed by atoms with Crippen LogP contribution in [0.4, 0.5) is 0 Å². The smallest absolute Gasteiger partial charge is 0.306 e. The van der Waals surface area contributed by atoms with Crippen LogP contribution in [0.25, 0.3) is 0 Å². The Balaban J connectivity index is 1.77. The summed E-state index contributed by atoms with van der Waals surface area (Å²) in [4.78, 5) is 11.5. The maximum Gasteiger partial charge on any atom is 0.306 e. The minimum atomic E-state index is -0.799. The normalized spacial score (nSPS) is 24.8. The molecule has 172 valence electrons. The molecule has 3 N–H and O–H groups in total. The van der Waals surface area contributed by atoms with Gasteiger partial charge in [-0.05, 0) is 51.2 Å². The van der Waals surface area contributed by atoms with E-state index in [2.05, 4.69) is 0 Å². The molecule has 1 aliphatic carbocycles. The van der Waals surface area contributed by atoms with Gasteiger partial charge >= 0.3 is 5.97 Å². The van der Waals surface area contributed by atoms with Crippen LogP contribution < -0.4 is 4.74 Å². The Morgan fingerprint density at radius 1 is 1.16 bits per heavy atom. The van der Waals surface area contributed by atoms with Crippen LogP contribution >= 0.6 is 0 Å². The summed E-state index contributed by atoms with van der Waals surface area (Å²) in [6.07, 6.45) is 8.12. The molecule has 1 aromatic rings. The molecule has 31 heavy (non-hydrogen) atoms. The third-order valence-corrected chi connectivity index (χ3v) is 5.33. The van der Waals surface area contributed by atoms with Gasteiger partial charge in [-0.25, -0.2) is 0 Å². The molecule has 0 spiro atoms. The molecule has 5 atom stereocenters. The highest BCUT2D eigenvalue weighted by Crippen LogP contribution is 2.36. The summed E-state index contributed by atoms with van der Waals surface area (Å²) in [6.45, 7) is 3.79. The molecule has 0 radical (unpaired) electrons. The molecular formula is C25H36O6. The Labute approximate surface area is 185 Å². The third kappa shape index (κ3) is 9.25. The lowest BCUT2D eigenvalue weighted by molar-refractivity contribution is -0.147. The van der Waals surface area contributed by atoms with Crippen molar-refractivity contribution in [2.75, 3.05) is 6.61 Å². The van der Waals surface area contributed by atoms with Gasteiger partial charge in [-0.2, -0.15) is 0 Å². The molecule has 0 aromatic heterocycles. The van der Waals surface area contributed by atoms with Crippen LogP contribution in [0.1, 0.15) is 46.0 Å². The summed E-state index contributed by atoms with van der Waals surface area (Å²) in [5.41, 5.74) is 0. The number of aliphatic hydroxyl groups is 3. The van der Waals surface area contributed by atoms with E-state index in [4.69, 9.17) is 9.47 Å². The first-order valence-electron chi connectivity index (χ1n) is 11.1. The molecule has 0 amide bonds. The number of hydrogen-bond acceptors (Lipinski definition) is 6. The predicted molar refractivity (Wildman–Crippen MR) is 120 cm³/mol. The highest BCUT2D eigenvalue weighted by molar-refractivity contribution is 5.69. The van der Waals surface area contributed by atoms with E-state index in [0.29, 0.717) is 25.0 Å². The van der Waals surface area contributed by atoms with Crippen molar-refractivity contribution < 1.29 is 29.6 Å². The van der Waals surface area contributed by atoms with Crippen molar-refractivity contribution in [2.45, 2.75) is 70.4 Å². The number of unbranched alkanes of at least 4 members (excludes halogenated alkanes) is 1. The molecular weight excluding hydrogens is 396 g/mol. The number of rotatable bonds is 12. The van der Waals surface area contributed by atoms with Crippen molar-refractivity contribution in [2.24, 2.45) is 11.8 Å². The molecule has 0 aliphatic heterocycles. The first-order valence-corrected chi connectivity index (χ1v) is 11.1. The van der Waals surface area contributed by atoms with Gasteiger partial charge in [0.1, 0.15) is 18.5 Å². The second-order valence-electron chi connectivity index (χ2n) is 8.33. The van der Waals surface area contributed by atoms with E-state index in [9.17, 15) is 20.1 Å². The summed E-state index contributed by atoms with van der Waals surface area (Å²) in [5, 5.41) is 30.8. The summed E-state index contributed by atoms with van der Waals surface area (Å²) in [5.74, 6) is 0.159. The van der Waals surface area contributed by atoms with Crippen LogP contribution in [0.3, 0.4) is 0 Å². The number of hydrogen-bond donors (Lipinski definition) is 3. The van der Waals surface area contributed by atoms with Crippen molar-refractivity contribution in [3.63, 3.8) is 0 Å². The maximum absolute atomic E-state index is 11.5. The first kappa shape index (κ1) is 25.1. The van der Waals surface area contributed by atoms with Crippen LogP contribution in [0.2, 0.25) is 0 Å². The first-order chi connectivity index (χ1) is 14.9. The topological polar surface area (TPSA) is 96.2 Å². The molecule has 0 bridgehead atoms. The molecule has 2 rings (SSSR count). The van der Waals surface area contributed by atoms with Crippen molar-refractivity contribution in [3.8, 4) is 5.75 Å². The number of benzene rings is 1. The fraction of sp³-hybridized carbons (Fsp3) is 0.560. The zero-order valence-corrected chi connectivity index (χ0v) is 18.5. The zero-order valence-electron chi connectivity index (χ0n) is 18.5. The molecule has 1 fully saturated rings. The van der Waals surface area contributed by atoms with Crippen LogP contribution in [-0.4, -0.2) is 52.3 Å². The molecule has 6 nitrogen and oxygen atoms in total. The maximum atomic E-state index is 11.5. The summed E-state index contributed by atoms with van der Waals surface area (Å²) in [6, 6.07) is 9.27. The lowest BCUT2D eigenvalue weighted by atomic mass is 9.89. The van der Waals surface area contributed by atoms with E-state index in [1.54, 1.807) is 12.2 Å². The van der Waals surface area contributed by atoms with Gasteiger partial charge in [-0.15, -0.1) is 0 Å². The van der Waals surface area contributed by atoms with Gasteiger partial charge in [0.25, 0.3) is 0 Å². The number of carbonyl (C=O) groups is 1. The summed E-state index contributed by atoms with van der Waals surface area (Å²) in [7, 11) is 0. The molecule has 0 heterocycles. The molecule has 0 saturated heterocycles. The van der Waals surface area contributed by atoms with Gasteiger partial charge in [0.05, 0.1) is 18.3 Å². The Kier molecular flexibility index (Phi) is 10.8. The van der Waals surface area contributed by atoms with Crippen molar-refractivity contribution in [3.05, 3.63) is 54.6 Å². The third-order valence-electron chi connectivity index (χ3n) is 5.33. The van der Waals surface area contributed by atoms with Crippen molar-refractivity contribution >= 4 is 5.97 Å². The second kappa shape index (κ2) is 13.3. The number of para-hydroxylation sites is 1. The second-order valence-corrected chi connectivity index (χ2v) is 8.33. The van der Waals surface area contributed by atoms with Gasteiger partial charge in [0.2, 0.25) is 0 Å². The summed E-state index contributed by atoms with van der Waals surface area (Å²) < 4.78 is 10.6. The van der Waals surface area contributed by atoms with Gasteiger partial charge in [-0.1, -0.05) is 42.5 Å². The van der Waals surface area contributed by atoms with Gasteiger partial charge < -0.3 is 24.8 Å². The quantitative estimate of drug-likeness (QED) is 0.266. The van der Waals surface area contributed by atoms with Crippen LogP contribution in [-0.2, 0) is 9.53 Å². The SMILES string of the molecule is CC(C)OC(=O)CCC/C=C\C[C@H]1C(O)CC(O)[C@@H]1/C=C/C(O)COc1ccccc1. The predicted octanol–water partition coefficient (Wildman–Crippen LogP) is 3.41. The van der Waals surface area contributed by atoms with Crippen molar-refractivity contribution in [1.82, 2.24) is 0 Å². The number of carbonyl (C=O) groups excluding carboxylic acids is 1. The average molecular weight is 433 g/mol.